The molecule has 0 spiro atoms. The average Bonchev–Trinajstić information content (AvgIpc) is 2.76. The van der Waals surface area contributed by atoms with Crippen LogP contribution in [0.1, 0.15) is 22.3 Å². The van der Waals surface area contributed by atoms with Crippen molar-refractivity contribution >= 4 is 22.7 Å². The Hall–Kier alpha value is -3.87. The number of fused-ring (bicyclic) bond motifs is 1. The highest BCUT2D eigenvalue weighted by molar-refractivity contribution is 6.02. The van der Waals surface area contributed by atoms with Crippen molar-refractivity contribution in [3.8, 4) is 11.6 Å². The molecule has 4 rings (SSSR count). The van der Waals surface area contributed by atoms with Gasteiger partial charge in [-0.1, -0.05) is 36.4 Å². The van der Waals surface area contributed by atoms with Crippen LogP contribution in [0.3, 0.4) is 0 Å². The van der Waals surface area contributed by atoms with Crippen molar-refractivity contribution in [1.29, 1.82) is 0 Å². The first-order valence-electron chi connectivity index (χ1n) is 9.83. The van der Waals surface area contributed by atoms with Gasteiger partial charge in [0.25, 0.3) is 5.56 Å². The minimum absolute atomic E-state index is 0.0885. The maximum Gasteiger partial charge on any atom is 0.416 e. The van der Waals surface area contributed by atoms with Crippen molar-refractivity contribution in [2.24, 2.45) is 4.99 Å². The van der Waals surface area contributed by atoms with Crippen LogP contribution in [0, 0.1) is 13.8 Å². The van der Waals surface area contributed by atoms with E-state index in [0.717, 1.165) is 27.8 Å². The lowest BCUT2D eigenvalue weighted by Gasteiger charge is -2.15. The molecule has 162 valence electrons. The van der Waals surface area contributed by atoms with Crippen molar-refractivity contribution in [3.05, 3.63) is 99.3 Å². The van der Waals surface area contributed by atoms with Gasteiger partial charge in [0.05, 0.1) is 22.5 Å². The number of aliphatic imine (C=N–C) groups is 1. The summed E-state index contributed by atoms with van der Waals surface area (Å²) >= 11 is 0. The number of aromatic nitrogens is 1. The van der Waals surface area contributed by atoms with Gasteiger partial charge in [-0.2, -0.15) is 13.2 Å². The third kappa shape index (κ3) is 3.77. The first-order valence-corrected chi connectivity index (χ1v) is 9.83. The molecule has 0 aliphatic carbocycles. The molecule has 0 amide bonds. The molecule has 3 aromatic carbocycles. The fourth-order valence-corrected chi connectivity index (χ4v) is 3.56. The lowest BCUT2D eigenvalue weighted by molar-refractivity contribution is -0.137. The number of nitrogens with zero attached hydrogens (tertiary/aromatic N) is 2. The highest BCUT2D eigenvalue weighted by Crippen LogP contribution is 2.32. The van der Waals surface area contributed by atoms with Crippen molar-refractivity contribution in [1.82, 2.24) is 4.57 Å². The standard InChI is InChI=1S/C25H19F3N2O2/c1-15-7-5-12-22(16(15)2)29-14-21-19-10-3-4-11-20(19)23(31)30(24(21)32)18-9-6-8-17(13-18)25(26,27)28/h3-14,32H,1-2H3. The quantitative estimate of drug-likeness (QED) is 0.396. The highest BCUT2D eigenvalue weighted by Gasteiger charge is 2.31. The van der Waals surface area contributed by atoms with E-state index in [2.05, 4.69) is 4.99 Å². The number of rotatable bonds is 3. The van der Waals surface area contributed by atoms with Crippen LogP contribution in [-0.2, 0) is 6.18 Å². The molecule has 4 aromatic rings. The Balaban J connectivity index is 1.98. The Morgan fingerprint density at radius 2 is 1.62 bits per heavy atom. The van der Waals surface area contributed by atoms with Gasteiger partial charge in [-0.05, 0) is 55.3 Å². The van der Waals surface area contributed by atoms with Crippen molar-refractivity contribution in [3.63, 3.8) is 0 Å². The molecule has 1 aromatic heterocycles. The number of halogens is 3. The van der Waals surface area contributed by atoms with E-state index >= 15 is 0 Å². The summed E-state index contributed by atoms with van der Waals surface area (Å²) in [6, 6.07) is 16.5. The van der Waals surface area contributed by atoms with E-state index in [1.807, 2.05) is 32.0 Å². The number of aromatic hydroxyl groups is 1. The van der Waals surface area contributed by atoms with Gasteiger partial charge in [0, 0.05) is 17.0 Å². The fourth-order valence-electron chi connectivity index (χ4n) is 3.56. The number of hydrogen-bond donors (Lipinski definition) is 1. The molecule has 0 bridgehead atoms. The van der Waals surface area contributed by atoms with Gasteiger partial charge in [0.2, 0.25) is 5.88 Å². The maximum atomic E-state index is 13.2. The van der Waals surface area contributed by atoms with E-state index in [4.69, 9.17) is 0 Å². The number of pyridine rings is 1. The number of hydrogen-bond acceptors (Lipinski definition) is 3. The third-order valence-electron chi connectivity index (χ3n) is 5.44. The summed E-state index contributed by atoms with van der Waals surface area (Å²) in [5.74, 6) is -0.484. The molecule has 7 heteroatoms. The molecule has 0 unspecified atom stereocenters. The van der Waals surface area contributed by atoms with E-state index < -0.39 is 23.2 Å². The largest absolute Gasteiger partial charge is 0.494 e. The first kappa shape index (κ1) is 21.4. The van der Waals surface area contributed by atoms with Crippen LogP contribution in [-0.4, -0.2) is 15.9 Å². The minimum Gasteiger partial charge on any atom is -0.494 e. The summed E-state index contributed by atoms with van der Waals surface area (Å²) in [7, 11) is 0. The van der Waals surface area contributed by atoms with Crippen LogP contribution < -0.4 is 5.56 Å². The van der Waals surface area contributed by atoms with E-state index in [9.17, 15) is 23.1 Å². The maximum absolute atomic E-state index is 13.2. The van der Waals surface area contributed by atoms with Gasteiger partial charge in [0.15, 0.2) is 0 Å². The molecule has 0 atom stereocenters. The Morgan fingerprint density at radius 3 is 2.34 bits per heavy atom. The smallest absolute Gasteiger partial charge is 0.416 e. The molecule has 32 heavy (non-hydrogen) atoms. The second-order valence-electron chi connectivity index (χ2n) is 7.45. The second kappa shape index (κ2) is 8.00. The first-order chi connectivity index (χ1) is 15.2. The molecule has 0 saturated carbocycles. The summed E-state index contributed by atoms with van der Waals surface area (Å²) in [5, 5.41) is 11.7. The van der Waals surface area contributed by atoms with Crippen LogP contribution in [0.4, 0.5) is 18.9 Å². The predicted octanol–water partition coefficient (Wildman–Crippen LogP) is 6.08. The molecule has 4 nitrogen and oxygen atoms in total. The molecule has 0 radical (unpaired) electrons. The summed E-state index contributed by atoms with van der Waals surface area (Å²) in [6.07, 6.45) is -3.15. The zero-order chi connectivity index (χ0) is 23.0. The van der Waals surface area contributed by atoms with Crippen molar-refractivity contribution < 1.29 is 18.3 Å². The topological polar surface area (TPSA) is 54.6 Å². The summed E-state index contributed by atoms with van der Waals surface area (Å²) in [4.78, 5) is 17.6. The van der Waals surface area contributed by atoms with E-state index in [1.54, 1.807) is 24.3 Å². The molecule has 1 N–H and O–H groups in total. The van der Waals surface area contributed by atoms with Gasteiger partial charge < -0.3 is 5.11 Å². The third-order valence-corrected chi connectivity index (χ3v) is 5.44. The van der Waals surface area contributed by atoms with Gasteiger partial charge in [0.1, 0.15) is 0 Å². The van der Waals surface area contributed by atoms with E-state index in [0.29, 0.717) is 11.1 Å². The predicted molar refractivity (Wildman–Crippen MR) is 119 cm³/mol. The van der Waals surface area contributed by atoms with E-state index in [1.165, 1.54) is 18.3 Å². The van der Waals surface area contributed by atoms with E-state index in [-0.39, 0.29) is 16.6 Å². The normalized spacial score (nSPS) is 12.0. The molecular weight excluding hydrogens is 417 g/mol. The average molecular weight is 436 g/mol. The zero-order valence-corrected chi connectivity index (χ0v) is 17.3. The Kier molecular flexibility index (Phi) is 5.34. The summed E-state index contributed by atoms with van der Waals surface area (Å²) < 4.78 is 40.6. The summed E-state index contributed by atoms with van der Waals surface area (Å²) in [6.45, 7) is 3.87. The van der Waals surface area contributed by atoms with Gasteiger partial charge in [-0.15, -0.1) is 0 Å². The van der Waals surface area contributed by atoms with Crippen LogP contribution >= 0.6 is 0 Å². The molecule has 0 aliphatic heterocycles. The summed E-state index contributed by atoms with van der Waals surface area (Å²) in [5.41, 5.74) is 1.29. The number of alkyl halides is 3. The van der Waals surface area contributed by atoms with Gasteiger partial charge >= 0.3 is 6.18 Å². The van der Waals surface area contributed by atoms with Crippen molar-refractivity contribution in [2.45, 2.75) is 20.0 Å². The Bertz CT molecular complexity index is 1420. The molecule has 0 aliphatic rings. The van der Waals surface area contributed by atoms with Crippen LogP contribution in [0.25, 0.3) is 16.5 Å². The van der Waals surface area contributed by atoms with Gasteiger partial charge in [-0.25, -0.2) is 4.57 Å². The molecule has 0 saturated heterocycles. The Morgan fingerprint density at radius 1 is 0.938 bits per heavy atom. The zero-order valence-electron chi connectivity index (χ0n) is 17.3. The van der Waals surface area contributed by atoms with Crippen LogP contribution in [0.5, 0.6) is 5.88 Å². The lowest BCUT2D eigenvalue weighted by atomic mass is 10.1. The molecule has 1 heterocycles. The SMILES string of the molecule is Cc1cccc(N=Cc2c(O)n(-c3cccc(C(F)(F)F)c3)c(=O)c3ccccc23)c1C. The number of benzene rings is 3. The van der Waals surface area contributed by atoms with Crippen LogP contribution in [0.15, 0.2) is 76.5 Å². The van der Waals surface area contributed by atoms with Crippen molar-refractivity contribution in [2.75, 3.05) is 0 Å². The van der Waals surface area contributed by atoms with Gasteiger partial charge in [-0.3, -0.25) is 9.79 Å². The lowest BCUT2D eigenvalue weighted by Crippen LogP contribution is -2.20. The number of aryl methyl sites for hydroxylation is 1. The highest BCUT2D eigenvalue weighted by atomic mass is 19.4. The second-order valence-corrected chi connectivity index (χ2v) is 7.45. The minimum atomic E-state index is -4.58. The fraction of sp³-hybridized carbons (Fsp3) is 0.120. The molecular formula is C25H19F3N2O2. The Labute approximate surface area is 181 Å². The monoisotopic (exact) mass is 436 g/mol. The molecule has 0 fully saturated rings. The van der Waals surface area contributed by atoms with Crippen LogP contribution in [0.2, 0.25) is 0 Å².